The molecule has 4 rings (SSSR count). The molecule has 1 atom stereocenters. The number of thiophene rings is 1. The van der Waals surface area contributed by atoms with Gasteiger partial charge in [-0.15, -0.1) is 11.3 Å². The number of carbonyl (C=O) groups excluding carboxylic acids is 1. The fraction of sp³-hybridized carbons (Fsp3) is 0.583. The van der Waals surface area contributed by atoms with Crippen LogP contribution in [0.4, 0.5) is 5.00 Å². The van der Waals surface area contributed by atoms with Crippen molar-refractivity contribution in [3.05, 3.63) is 35.5 Å². The second kappa shape index (κ2) is 10.1. The zero-order valence-corrected chi connectivity index (χ0v) is 19.7. The number of ether oxygens (including phenoxy) is 1. The molecule has 2 fully saturated rings. The number of nitrogens with zero attached hydrogens (tertiary/aromatic N) is 4. The van der Waals surface area contributed by atoms with Crippen LogP contribution in [0.2, 0.25) is 0 Å². The van der Waals surface area contributed by atoms with Crippen LogP contribution in [0.15, 0.2) is 30.6 Å². The van der Waals surface area contributed by atoms with E-state index in [1.54, 1.807) is 11.3 Å². The summed E-state index contributed by atoms with van der Waals surface area (Å²) < 4.78 is 5.54. The summed E-state index contributed by atoms with van der Waals surface area (Å²) >= 11 is 1.61. The van der Waals surface area contributed by atoms with Gasteiger partial charge in [0.1, 0.15) is 0 Å². The Balaban J connectivity index is 1.52. The lowest BCUT2D eigenvalue weighted by atomic mass is 9.96. The number of hydrogen-bond donors (Lipinski definition) is 0. The van der Waals surface area contributed by atoms with Crippen molar-refractivity contribution in [3.63, 3.8) is 0 Å². The quantitative estimate of drug-likeness (QED) is 0.680. The molecule has 2 aromatic heterocycles. The number of aromatic nitrogens is 1. The van der Waals surface area contributed by atoms with Crippen LogP contribution < -0.4 is 4.90 Å². The molecular weight excluding hydrogens is 408 g/mol. The molecule has 7 heteroatoms. The minimum atomic E-state index is 0.126. The number of amides is 1. The van der Waals surface area contributed by atoms with E-state index < -0.39 is 0 Å². The monoisotopic (exact) mass is 442 g/mol. The third kappa shape index (κ3) is 5.27. The first-order valence-corrected chi connectivity index (χ1v) is 12.2. The number of pyridine rings is 1. The molecule has 2 aliphatic rings. The highest BCUT2D eigenvalue weighted by molar-refractivity contribution is 7.18. The molecule has 2 saturated heterocycles. The largest absolute Gasteiger partial charge is 0.378 e. The zero-order chi connectivity index (χ0) is 21.8. The number of hydrogen-bond acceptors (Lipinski definition) is 6. The summed E-state index contributed by atoms with van der Waals surface area (Å²) in [5, 5.41) is 1.16. The van der Waals surface area contributed by atoms with E-state index in [1.165, 1.54) is 19.4 Å². The highest BCUT2D eigenvalue weighted by Gasteiger charge is 2.27. The Bertz CT molecular complexity index is 864. The van der Waals surface area contributed by atoms with Gasteiger partial charge in [-0.05, 0) is 62.9 Å². The average Bonchev–Trinajstić information content (AvgIpc) is 3.25. The molecule has 168 valence electrons. The SMILES string of the molecule is CC(C)N1CCCC(CN(C)C(=O)c2cc(-c3ccncc3)c(N3CCOCC3)s2)C1. The Morgan fingerprint density at radius 1 is 1.26 bits per heavy atom. The highest BCUT2D eigenvalue weighted by atomic mass is 32.1. The van der Waals surface area contributed by atoms with Crippen molar-refractivity contribution in [3.8, 4) is 11.1 Å². The van der Waals surface area contributed by atoms with E-state index in [-0.39, 0.29) is 5.91 Å². The molecular formula is C24H34N4O2S. The molecule has 2 aliphatic heterocycles. The highest BCUT2D eigenvalue weighted by Crippen LogP contribution is 2.39. The number of carbonyl (C=O) groups is 1. The number of anilines is 1. The second-order valence-corrected chi connectivity index (χ2v) is 9.98. The second-order valence-electron chi connectivity index (χ2n) is 8.95. The van der Waals surface area contributed by atoms with Gasteiger partial charge >= 0.3 is 0 Å². The summed E-state index contributed by atoms with van der Waals surface area (Å²) in [5.41, 5.74) is 2.23. The predicted molar refractivity (Wildman–Crippen MR) is 127 cm³/mol. The van der Waals surface area contributed by atoms with Crippen LogP contribution in [0.3, 0.4) is 0 Å². The fourth-order valence-corrected chi connectivity index (χ4v) is 5.83. The minimum absolute atomic E-state index is 0.126. The lowest BCUT2D eigenvalue weighted by Gasteiger charge is -2.36. The van der Waals surface area contributed by atoms with E-state index in [1.807, 2.05) is 36.5 Å². The van der Waals surface area contributed by atoms with Crippen LogP contribution in [-0.2, 0) is 4.74 Å². The van der Waals surface area contributed by atoms with Gasteiger partial charge in [-0.3, -0.25) is 9.78 Å². The van der Waals surface area contributed by atoms with Crippen molar-refractivity contribution >= 4 is 22.2 Å². The molecule has 0 N–H and O–H groups in total. The first kappa shape index (κ1) is 22.2. The standard InChI is InChI=1S/C24H34N4O2S/c1-18(2)28-10-4-5-19(17-28)16-26(3)23(29)22-15-21(20-6-8-25-9-7-20)24(31-22)27-11-13-30-14-12-27/h6-9,15,18-19H,4-5,10-14,16-17H2,1-3H3. The first-order chi connectivity index (χ1) is 15.0. The molecule has 0 aromatic carbocycles. The van der Waals surface area contributed by atoms with Crippen LogP contribution >= 0.6 is 11.3 Å². The summed E-state index contributed by atoms with van der Waals surface area (Å²) in [7, 11) is 1.96. The van der Waals surface area contributed by atoms with Gasteiger partial charge in [-0.25, -0.2) is 0 Å². The molecule has 0 spiro atoms. The molecule has 0 saturated carbocycles. The van der Waals surface area contributed by atoms with E-state index in [9.17, 15) is 4.79 Å². The molecule has 1 amide bonds. The summed E-state index contributed by atoms with van der Waals surface area (Å²) in [6.07, 6.45) is 6.05. The van der Waals surface area contributed by atoms with Gasteiger partial charge in [0, 0.05) is 57.2 Å². The van der Waals surface area contributed by atoms with Crippen molar-refractivity contribution in [2.24, 2.45) is 5.92 Å². The molecule has 0 bridgehead atoms. The van der Waals surface area contributed by atoms with Crippen LogP contribution in [0.25, 0.3) is 11.1 Å². The van der Waals surface area contributed by atoms with Crippen LogP contribution in [-0.4, -0.2) is 79.7 Å². The first-order valence-electron chi connectivity index (χ1n) is 11.4. The summed E-state index contributed by atoms with van der Waals surface area (Å²) in [6.45, 7) is 10.8. The lowest BCUT2D eigenvalue weighted by molar-refractivity contribution is 0.0713. The van der Waals surface area contributed by atoms with Gasteiger partial charge in [-0.2, -0.15) is 0 Å². The smallest absolute Gasteiger partial charge is 0.263 e. The summed E-state index contributed by atoms with van der Waals surface area (Å²) in [6, 6.07) is 6.68. The Labute approximate surface area is 189 Å². The molecule has 4 heterocycles. The molecule has 31 heavy (non-hydrogen) atoms. The molecule has 0 radical (unpaired) electrons. The van der Waals surface area contributed by atoms with Crippen molar-refractivity contribution in [2.45, 2.75) is 32.7 Å². The molecule has 1 unspecified atom stereocenters. The van der Waals surface area contributed by atoms with E-state index in [2.05, 4.69) is 34.7 Å². The predicted octanol–water partition coefficient (Wildman–Crippen LogP) is 3.84. The van der Waals surface area contributed by atoms with Crippen molar-refractivity contribution < 1.29 is 9.53 Å². The lowest BCUT2D eigenvalue weighted by Crippen LogP contribution is -2.44. The maximum Gasteiger partial charge on any atom is 0.263 e. The molecule has 2 aromatic rings. The van der Waals surface area contributed by atoms with Crippen molar-refractivity contribution in [1.29, 1.82) is 0 Å². The number of morpholine rings is 1. The maximum absolute atomic E-state index is 13.4. The third-order valence-corrected chi connectivity index (χ3v) is 7.56. The van der Waals surface area contributed by atoms with Crippen molar-refractivity contribution in [2.75, 3.05) is 57.9 Å². The van der Waals surface area contributed by atoms with E-state index >= 15 is 0 Å². The minimum Gasteiger partial charge on any atom is -0.378 e. The van der Waals surface area contributed by atoms with Gasteiger partial charge < -0.3 is 19.4 Å². The number of likely N-dealkylation sites (tertiary alicyclic amines) is 1. The average molecular weight is 443 g/mol. The Morgan fingerprint density at radius 3 is 2.71 bits per heavy atom. The van der Waals surface area contributed by atoms with Crippen molar-refractivity contribution in [1.82, 2.24) is 14.8 Å². The fourth-order valence-electron chi connectivity index (χ4n) is 4.60. The Kier molecular flexibility index (Phi) is 7.25. The molecule has 0 aliphatic carbocycles. The topological polar surface area (TPSA) is 48.9 Å². The maximum atomic E-state index is 13.4. The number of rotatable bonds is 6. The van der Waals surface area contributed by atoms with Gasteiger partial charge in [0.05, 0.1) is 23.1 Å². The van der Waals surface area contributed by atoms with Crippen LogP contribution in [0, 0.1) is 5.92 Å². The Hall–Kier alpha value is -1.96. The van der Waals surface area contributed by atoms with E-state index in [0.29, 0.717) is 12.0 Å². The number of piperidine rings is 1. The normalized spacial score (nSPS) is 20.3. The summed E-state index contributed by atoms with van der Waals surface area (Å²) in [4.78, 5) is 25.2. The Morgan fingerprint density at radius 2 is 2.00 bits per heavy atom. The van der Waals surface area contributed by atoms with Gasteiger partial charge in [0.15, 0.2) is 0 Å². The van der Waals surface area contributed by atoms with Crippen LogP contribution in [0.5, 0.6) is 0 Å². The van der Waals surface area contributed by atoms with E-state index in [0.717, 1.165) is 60.4 Å². The zero-order valence-electron chi connectivity index (χ0n) is 18.9. The van der Waals surface area contributed by atoms with Crippen LogP contribution in [0.1, 0.15) is 36.4 Å². The molecule has 6 nitrogen and oxygen atoms in total. The summed E-state index contributed by atoms with van der Waals surface area (Å²) in [5.74, 6) is 0.671. The third-order valence-electron chi connectivity index (χ3n) is 6.37. The van der Waals surface area contributed by atoms with E-state index in [4.69, 9.17) is 4.74 Å². The van der Waals surface area contributed by atoms with Gasteiger partial charge in [-0.1, -0.05) is 0 Å². The van der Waals surface area contributed by atoms with Gasteiger partial charge in [0.2, 0.25) is 0 Å². The van der Waals surface area contributed by atoms with Gasteiger partial charge in [0.25, 0.3) is 5.91 Å².